The van der Waals surface area contributed by atoms with Gasteiger partial charge in [0.05, 0.1) is 0 Å². The maximum absolute atomic E-state index is 14.3. The molecule has 0 aliphatic heterocycles. The Morgan fingerprint density at radius 3 is 2.80 bits per heavy atom. The first-order valence-corrected chi connectivity index (χ1v) is 6.26. The van der Waals surface area contributed by atoms with Gasteiger partial charge in [-0.1, -0.05) is 29.3 Å². The first-order valence-electron chi connectivity index (χ1n) is 5.88. The van der Waals surface area contributed by atoms with Crippen LogP contribution >= 0.6 is 11.6 Å². The maximum atomic E-state index is 14.3. The Balaban J connectivity index is 2.00. The van der Waals surface area contributed by atoms with E-state index >= 15 is 0 Å². The van der Waals surface area contributed by atoms with Crippen LogP contribution in [0.1, 0.15) is 18.1 Å². The number of fused-ring (bicyclic) bond motifs is 1. The Morgan fingerprint density at radius 2 is 2.00 bits per heavy atom. The highest BCUT2D eigenvalue weighted by atomic mass is 35.5. The van der Waals surface area contributed by atoms with Gasteiger partial charge in [-0.15, -0.1) is 0 Å². The zero-order chi connectivity index (χ0) is 14.3. The van der Waals surface area contributed by atoms with Gasteiger partial charge in [-0.05, 0) is 25.0 Å². The van der Waals surface area contributed by atoms with Gasteiger partial charge in [0, 0.05) is 5.56 Å². The maximum Gasteiger partial charge on any atom is 0.260 e. The van der Waals surface area contributed by atoms with Crippen molar-refractivity contribution in [2.24, 2.45) is 0 Å². The first kappa shape index (κ1) is 13.0. The number of hydrogen-bond donors (Lipinski definition) is 0. The van der Waals surface area contributed by atoms with Crippen LogP contribution in [0, 0.1) is 11.6 Å². The van der Waals surface area contributed by atoms with Gasteiger partial charge >= 0.3 is 0 Å². The monoisotopic (exact) mass is 294 g/mol. The van der Waals surface area contributed by atoms with Crippen molar-refractivity contribution >= 4 is 17.7 Å². The van der Waals surface area contributed by atoms with E-state index in [0.29, 0.717) is 12.0 Å². The minimum atomic E-state index is -0.916. The van der Waals surface area contributed by atoms with Crippen LogP contribution < -0.4 is 4.74 Å². The van der Waals surface area contributed by atoms with Crippen LogP contribution in [0.5, 0.6) is 11.6 Å². The van der Waals surface area contributed by atoms with Crippen molar-refractivity contribution in [3.8, 4) is 11.6 Å². The molecule has 0 bridgehead atoms. The Hall–Kier alpha value is -2.01. The van der Waals surface area contributed by atoms with Gasteiger partial charge in [0.2, 0.25) is 5.82 Å². The summed E-state index contributed by atoms with van der Waals surface area (Å²) >= 11 is 5.52. The van der Waals surface area contributed by atoms with Crippen molar-refractivity contribution in [1.82, 2.24) is 9.97 Å². The summed E-state index contributed by atoms with van der Waals surface area (Å²) in [5.41, 5.74) is 2.42. The molecule has 1 aliphatic rings. The molecule has 0 amide bonds. The largest absolute Gasteiger partial charge is 0.433 e. The molecule has 0 N–H and O–H groups in total. The van der Waals surface area contributed by atoms with Crippen LogP contribution in [0.2, 0.25) is 5.15 Å². The number of ether oxygens (including phenoxy) is 1. The fourth-order valence-electron chi connectivity index (χ4n) is 2.11. The van der Waals surface area contributed by atoms with Crippen molar-refractivity contribution in [3.63, 3.8) is 0 Å². The van der Waals surface area contributed by atoms with Crippen molar-refractivity contribution in [2.75, 3.05) is 0 Å². The fraction of sp³-hybridized carbons (Fsp3) is 0.143. The molecule has 0 saturated heterocycles. The van der Waals surface area contributed by atoms with Crippen LogP contribution in [0.15, 0.2) is 24.0 Å². The third kappa shape index (κ3) is 2.14. The van der Waals surface area contributed by atoms with E-state index in [2.05, 4.69) is 9.97 Å². The summed E-state index contributed by atoms with van der Waals surface area (Å²) in [5, 5.41) is -0.368. The summed E-state index contributed by atoms with van der Waals surface area (Å²) in [7, 11) is 0. The summed E-state index contributed by atoms with van der Waals surface area (Å²) in [6, 6.07) is 3.21. The third-order valence-electron chi connectivity index (χ3n) is 3.02. The molecule has 0 saturated carbocycles. The minimum absolute atomic E-state index is 0.0941. The van der Waals surface area contributed by atoms with Gasteiger partial charge in [0.15, 0.2) is 16.7 Å². The van der Waals surface area contributed by atoms with Crippen molar-refractivity contribution in [2.45, 2.75) is 13.3 Å². The molecule has 20 heavy (non-hydrogen) atoms. The van der Waals surface area contributed by atoms with E-state index in [1.54, 1.807) is 12.1 Å². The van der Waals surface area contributed by atoms with E-state index in [1.807, 2.05) is 6.92 Å². The lowest BCUT2D eigenvalue weighted by molar-refractivity contribution is 0.395. The Bertz CT molecular complexity index is 731. The molecule has 1 aromatic carbocycles. The fourth-order valence-corrected chi connectivity index (χ4v) is 2.23. The Morgan fingerprint density at radius 1 is 1.20 bits per heavy atom. The van der Waals surface area contributed by atoms with E-state index in [4.69, 9.17) is 16.3 Å². The molecule has 102 valence electrons. The van der Waals surface area contributed by atoms with E-state index in [-0.39, 0.29) is 10.9 Å². The average molecular weight is 295 g/mol. The van der Waals surface area contributed by atoms with Gasteiger partial charge in [-0.25, -0.2) is 9.37 Å². The molecule has 2 aromatic rings. The Labute approximate surface area is 118 Å². The molecule has 0 radical (unpaired) electrons. The number of halogens is 3. The zero-order valence-corrected chi connectivity index (χ0v) is 11.2. The van der Waals surface area contributed by atoms with E-state index in [1.165, 1.54) is 6.07 Å². The molecule has 1 heterocycles. The van der Waals surface area contributed by atoms with Crippen LogP contribution in [0.4, 0.5) is 8.78 Å². The normalized spacial score (nSPS) is 13.1. The third-order valence-corrected chi connectivity index (χ3v) is 3.28. The Kier molecular flexibility index (Phi) is 3.14. The van der Waals surface area contributed by atoms with E-state index < -0.39 is 17.5 Å². The first-order chi connectivity index (χ1) is 9.56. The molecular weight excluding hydrogens is 286 g/mol. The zero-order valence-electron chi connectivity index (χ0n) is 10.5. The summed E-state index contributed by atoms with van der Waals surface area (Å²) in [5.74, 6) is -1.94. The second kappa shape index (κ2) is 4.83. The van der Waals surface area contributed by atoms with E-state index in [9.17, 15) is 8.78 Å². The number of allylic oxidation sites excluding steroid dienone is 1. The lowest BCUT2D eigenvalue weighted by Crippen LogP contribution is -1.98. The number of nitrogens with zero attached hydrogens (tertiary/aromatic N) is 2. The van der Waals surface area contributed by atoms with Gasteiger partial charge in [-0.2, -0.15) is 9.37 Å². The van der Waals surface area contributed by atoms with E-state index in [0.717, 1.165) is 17.5 Å². The summed E-state index contributed by atoms with van der Waals surface area (Å²) in [6.07, 6.45) is 3.51. The smallest absolute Gasteiger partial charge is 0.260 e. The number of aromatic nitrogens is 2. The summed E-state index contributed by atoms with van der Waals surface area (Å²) < 4.78 is 33.1. The SMILES string of the molecule is CC1=Cc2c(ccc(Oc3ncnc(Cl)c3F)c2F)C1. The average Bonchev–Trinajstić information content (AvgIpc) is 2.80. The second-order valence-corrected chi connectivity index (χ2v) is 4.86. The molecule has 3 rings (SSSR count). The molecule has 0 spiro atoms. The highest BCUT2D eigenvalue weighted by molar-refractivity contribution is 6.29. The summed E-state index contributed by atoms with van der Waals surface area (Å²) in [6.45, 7) is 1.92. The molecule has 1 aromatic heterocycles. The highest BCUT2D eigenvalue weighted by Gasteiger charge is 2.20. The van der Waals surface area contributed by atoms with Gasteiger partial charge in [0.1, 0.15) is 6.33 Å². The number of rotatable bonds is 2. The quantitative estimate of drug-likeness (QED) is 0.780. The van der Waals surface area contributed by atoms with Gasteiger partial charge in [0.25, 0.3) is 5.88 Å². The van der Waals surface area contributed by atoms with Crippen LogP contribution in [-0.2, 0) is 6.42 Å². The second-order valence-electron chi connectivity index (χ2n) is 4.50. The highest BCUT2D eigenvalue weighted by Crippen LogP contribution is 2.34. The molecule has 1 aliphatic carbocycles. The predicted octanol–water partition coefficient (Wildman–Crippen LogP) is 4.16. The number of benzene rings is 1. The van der Waals surface area contributed by atoms with Crippen molar-refractivity contribution < 1.29 is 13.5 Å². The molecule has 6 heteroatoms. The molecule has 0 atom stereocenters. The minimum Gasteiger partial charge on any atom is -0.433 e. The molecule has 0 fully saturated rings. The van der Waals surface area contributed by atoms with Crippen LogP contribution in [0.25, 0.3) is 6.08 Å². The lowest BCUT2D eigenvalue weighted by atomic mass is 10.1. The summed E-state index contributed by atoms with van der Waals surface area (Å²) in [4.78, 5) is 7.08. The van der Waals surface area contributed by atoms with Crippen molar-refractivity contribution in [1.29, 1.82) is 0 Å². The predicted molar refractivity (Wildman–Crippen MR) is 70.8 cm³/mol. The number of hydrogen-bond acceptors (Lipinski definition) is 3. The lowest BCUT2D eigenvalue weighted by Gasteiger charge is -2.09. The molecule has 3 nitrogen and oxygen atoms in total. The van der Waals surface area contributed by atoms with Gasteiger partial charge in [-0.3, -0.25) is 0 Å². The molecule has 0 unspecified atom stereocenters. The molecular formula is C14H9ClF2N2O. The van der Waals surface area contributed by atoms with Crippen LogP contribution in [0.3, 0.4) is 0 Å². The van der Waals surface area contributed by atoms with Crippen molar-refractivity contribution in [3.05, 3.63) is 51.9 Å². The van der Waals surface area contributed by atoms with Crippen LogP contribution in [-0.4, -0.2) is 9.97 Å². The van der Waals surface area contributed by atoms with Gasteiger partial charge < -0.3 is 4.74 Å². The standard InChI is InChI=1S/C14H9ClF2N2O/c1-7-4-8-2-3-10(11(16)9(8)5-7)20-14-12(17)13(15)18-6-19-14/h2-3,5-6H,4H2,1H3. The topological polar surface area (TPSA) is 35.0 Å².